The van der Waals surface area contributed by atoms with Gasteiger partial charge in [-0.25, -0.2) is 22.0 Å². The van der Waals surface area contributed by atoms with Crippen LogP contribution in [0, 0.1) is 11.6 Å². The van der Waals surface area contributed by atoms with E-state index in [2.05, 4.69) is 4.72 Å². The lowest BCUT2D eigenvalue weighted by Crippen LogP contribution is -2.11. The smallest absolute Gasteiger partial charge is 0.338 e. The average molecular weight is 423 g/mol. The summed E-state index contributed by atoms with van der Waals surface area (Å²) in [6.45, 7) is 1.93. The van der Waals surface area contributed by atoms with E-state index in [1.807, 2.05) is 0 Å². The van der Waals surface area contributed by atoms with Crippen molar-refractivity contribution in [2.24, 2.45) is 0 Å². The van der Waals surface area contributed by atoms with Gasteiger partial charge < -0.3 is 4.74 Å². The first kappa shape index (κ1) is 20.0. The van der Waals surface area contributed by atoms with Crippen LogP contribution in [0.2, 0.25) is 0 Å². The van der Waals surface area contributed by atoms with Crippen molar-refractivity contribution in [1.82, 2.24) is 0 Å². The molecule has 1 aromatic heterocycles. The fourth-order valence-corrected chi connectivity index (χ4v) is 4.72. The van der Waals surface area contributed by atoms with Gasteiger partial charge >= 0.3 is 5.97 Å². The number of benzene rings is 2. The zero-order chi connectivity index (χ0) is 20.3. The minimum absolute atomic E-state index is 0.0155. The summed E-state index contributed by atoms with van der Waals surface area (Å²) in [6.07, 6.45) is 0. The van der Waals surface area contributed by atoms with Crippen LogP contribution in [0.1, 0.15) is 17.3 Å². The molecule has 1 heterocycles. The number of rotatable bonds is 6. The first-order valence-electron chi connectivity index (χ1n) is 8.15. The van der Waals surface area contributed by atoms with Gasteiger partial charge in [0.25, 0.3) is 10.0 Å². The van der Waals surface area contributed by atoms with E-state index in [0.29, 0.717) is 16.0 Å². The zero-order valence-electron chi connectivity index (χ0n) is 14.6. The number of halogens is 2. The van der Waals surface area contributed by atoms with Gasteiger partial charge in [0, 0.05) is 10.6 Å². The Hall–Kier alpha value is -2.78. The summed E-state index contributed by atoms with van der Waals surface area (Å²) in [5.41, 5.74) is 0.960. The number of anilines is 1. The van der Waals surface area contributed by atoms with Crippen molar-refractivity contribution in [1.29, 1.82) is 0 Å². The standard InChI is InChI=1S/C19H15F2NO4S2/c1-2-26-19(23)12-3-6-14(7-4-12)22-28(24,25)18-10-9-17(27-18)13-5-8-15(20)16(21)11-13/h3-11,22H,2H2,1H3. The maximum Gasteiger partial charge on any atom is 0.338 e. The van der Waals surface area contributed by atoms with Crippen LogP contribution in [0.3, 0.4) is 0 Å². The van der Waals surface area contributed by atoms with E-state index < -0.39 is 27.6 Å². The van der Waals surface area contributed by atoms with Crippen molar-refractivity contribution in [2.75, 3.05) is 11.3 Å². The largest absolute Gasteiger partial charge is 0.462 e. The van der Waals surface area contributed by atoms with Crippen LogP contribution in [0.15, 0.2) is 58.8 Å². The Kier molecular flexibility index (Phi) is 5.76. The molecule has 3 aromatic rings. The highest BCUT2D eigenvalue weighted by Crippen LogP contribution is 2.32. The van der Waals surface area contributed by atoms with Crippen molar-refractivity contribution < 1.29 is 26.7 Å². The quantitative estimate of drug-likeness (QED) is 0.585. The van der Waals surface area contributed by atoms with Crippen molar-refractivity contribution in [3.8, 4) is 10.4 Å². The molecule has 0 amide bonds. The number of carbonyl (C=O) groups excluding carboxylic acids is 1. The first-order valence-corrected chi connectivity index (χ1v) is 10.5. The molecular formula is C19H15F2NO4S2. The third-order valence-corrected chi connectivity index (χ3v) is 6.71. The molecule has 0 aliphatic heterocycles. The summed E-state index contributed by atoms with van der Waals surface area (Å²) >= 11 is 0.928. The molecule has 0 radical (unpaired) electrons. The normalized spacial score (nSPS) is 11.2. The Morgan fingerprint density at radius 1 is 1.04 bits per heavy atom. The van der Waals surface area contributed by atoms with Crippen molar-refractivity contribution in [3.05, 3.63) is 71.8 Å². The highest BCUT2D eigenvalue weighted by molar-refractivity contribution is 7.94. The molecule has 28 heavy (non-hydrogen) atoms. The minimum Gasteiger partial charge on any atom is -0.462 e. The lowest BCUT2D eigenvalue weighted by atomic mass is 10.2. The summed E-state index contributed by atoms with van der Waals surface area (Å²) in [4.78, 5) is 12.1. The Labute approximate surface area is 164 Å². The number of carbonyl (C=O) groups is 1. The molecule has 0 atom stereocenters. The van der Waals surface area contributed by atoms with Gasteiger partial charge in [0.15, 0.2) is 11.6 Å². The lowest BCUT2D eigenvalue weighted by molar-refractivity contribution is 0.0526. The Morgan fingerprint density at radius 2 is 1.75 bits per heavy atom. The fraction of sp³-hybridized carbons (Fsp3) is 0.105. The van der Waals surface area contributed by atoms with Gasteiger partial charge in [0.1, 0.15) is 4.21 Å². The van der Waals surface area contributed by atoms with E-state index in [4.69, 9.17) is 4.74 Å². The van der Waals surface area contributed by atoms with Crippen LogP contribution >= 0.6 is 11.3 Å². The summed E-state index contributed by atoms with van der Waals surface area (Å²) in [6, 6.07) is 12.1. The molecule has 3 rings (SSSR count). The molecule has 2 aromatic carbocycles. The number of hydrogen-bond acceptors (Lipinski definition) is 5. The maximum atomic E-state index is 13.4. The van der Waals surface area contributed by atoms with Crippen LogP contribution < -0.4 is 4.72 Å². The molecule has 0 bridgehead atoms. The molecule has 0 spiro atoms. The predicted octanol–water partition coefficient (Wildman–Crippen LogP) is 4.67. The zero-order valence-corrected chi connectivity index (χ0v) is 16.2. The third kappa shape index (κ3) is 4.37. The second-order valence-electron chi connectivity index (χ2n) is 5.65. The van der Waals surface area contributed by atoms with Gasteiger partial charge in [0.2, 0.25) is 0 Å². The molecule has 0 aliphatic carbocycles. The van der Waals surface area contributed by atoms with Gasteiger partial charge in [-0.15, -0.1) is 11.3 Å². The molecule has 0 saturated carbocycles. The summed E-state index contributed by atoms with van der Waals surface area (Å²) < 4.78 is 58.9. The van der Waals surface area contributed by atoms with E-state index in [1.54, 1.807) is 6.92 Å². The molecule has 1 N–H and O–H groups in total. The summed E-state index contributed by atoms with van der Waals surface area (Å²) in [5.74, 6) is -2.47. The Balaban J connectivity index is 1.79. The van der Waals surface area contributed by atoms with Crippen molar-refractivity contribution in [2.45, 2.75) is 11.1 Å². The molecule has 0 aliphatic rings. The highest BCUT2D eigenvalue weighted by Gasteiger charge is 2.18. The SMILES string of the molecule is CCOC(=O)c1ccc(NS(=O)(=O)c2ccc(-c3ccc(F)c(F)c3)s2)cc1. The van der Waals surface area contributed by atoms with Crippen LogP contribution in [0.4, 0.5) is 14.5 Å². The van der Waals surface area contributed by atoms with E-state index >= 15 is 0 Å². The molecule has 5 nitrogen and oxygen atoms in total. The molecule has 0 unspecified atom stereocenters. The molecular weight excluding hydrogens is 408 g/mol. The fourth-order valence-electron chi connectivity index (χ4n) is 2.36. The van der Waals surface area contributed by atoms with Gasteiger partial charge in [-0.3, -0.25) is 4.72 Å². The van der Waals surface area contributed by atoms with E-state index in [1.165, 1.54) is 42.5 Å². The predicted molar refractivity (Wildman–Crippen MR) is 103 cm³/mol. The number of esters is 1. The maximum absolute atomic E-state index is 13.4. The van der Waals surface area contributed by atoms with Gasteiger partial charge in [0.05, 0.1) is 12.2 Å². The third-order valence-electron chi connectivity index (χ3n) is 3.70. The molecule has 146 valence electrons. The lowest BCUT2D eigenvalue weighted by Gasteiger charge is -2.07. The van der Waals surface area contributed by atoms with Crippen molar-refractivity contribution >= 4 is 33.0 Å². The van der Waals surface area contributed by atoms with Crippen LogP contribution in [0.25, 0.3) is 10.4 Å². The van der Waals surface area contributed by atoms with Gasteiger partial charge in [-0.05, 0) is 61.0 Å². The second-order valence-corrected chi connectivity index (χ2v) is 8.64. The van der Waals surface area contributed by atoms with E-state index in [9.17, 15) is 22.0 Å². The number of ether oxygens (including phenoxy) is 1. The van der Waals surface area contributed by atoms with Gasteiger partial charge in [-0.2, -0.15) is 0 Å². The summed E-state index contributed by atoms with van der Waals surface area (Å²) in [5, 5.41) is 0. The number of hydrogen-bond donors (Lipinski definition) is 1. The Morgan fingerprint density at radius 3 is 2.39 bits per heavy atom. The second kappa shape index (κ2) is 8.07. The Bertz CT molecular complexity index is 1110. The molecule has 0 saturated heterocycles. The van der Waals surface area contributed by atoms with E-state index in [-0.39, 0.29) is 16.5 Å². The first-order chi connectivity index (χ1) is 13.3. The highest BCUT2D eigenvalue weighted by atomic mass is 32.2. The van der Waals surface area contributed by atoms with Crippen LogP contribution in [-0.4, -0.2) is 21.0 Å². The number of nitrogens with one attached hydrogen (secondary N) is 1. The topological polar surface area (TPSA) is 72.5 Å². The van der Waals surface area contributed by atoms with E-state index in [0.717, 1.165) is 23.5 Å². The number of sulfonamides is 1. The molecule has 9 heteroatoms. The number of thiophene rings is 1. The van der Waals surface area contributed by atoms with Gasteiger partial charge in [-0.1, -0.05) is 6.07 Å². The van der Waals surface area contributed by atoms with Crippen LogP contribution in [-0.2, 0) is 14.8 Å². The molecule has 0 fully saturated rings. The van der Waals surface area contributed by atoms with Crippen LogP contribution in [0.5, 0.6) is 0 Å². The summed E-state index contributed by atoms with van der Waals surface area (Å²) in [7, 11) is -3.88. The monoisotopic (exact) mass is 423 g/mol. The minimum atomic E-state index is -3.88. The average Bonchev–Trinajstić information content (AvgIpc) is 3.16. The van der Waals surface area contributed by atoms with Crippen molar-refractivity contribution in [3.63, 3.8) is 0 Å².